The quantitative estimate of drug-likeness (QED) is 0.265. The summed E-state index contributed by atoms with van der Waals surface area (Å²) >= 11 is 3.13. The molecule has 2 aromatic heterocycles. The van der Waals surface area contributed by atoms with Crippen molar-refractivity contribution in [2.75, 3.05) is 36.4 Å². The van der Waals surface area contributed by atoms with Gasteiger partial charge in [-0.3, -0.25) is 9.59 Å². The van der Waals surface area contributed by atoms with Gasteiger partial charge in [-0.2, -0.15) is 0 Å². The van der Waals surface area contributed by atoms with E-state index in [4.69, 9.17) is 10.7 Å². The fourth-order valence-corrected chi connectivity index (χ4v) is 6.30. The second kappa shape index (κ2) is 11.6. The summed E-state index contributed by atoms with van der Waals surface area (Å²) in [5, 5.41) is 24.6. The van der Waals surface area contributed by atoms with Gasteiger partial charge in [-0.15, -0.1) is 11.3 Å². The van der Waals surface area contributed by atoms with Crippen LogP contribution in [0.2, 0.25) is 0 Å². The first-order valence-corrected chi connectivity index (χ1v) is 14.0. The topological polar surface area (TPSA) is 132 Å². The smallest absolute Gasteiger partial charge is 0.255 e. The van der Waals surface area contributed by atoms with Crippen molar-refractivity contribution in [2.24, 2.45) is 5.73 Å². The molecular weight excluding hydrogens is 522 g/mol. The Morgan fingerprint density at radius 3 is 2.53 bits per heavy atom. The summed E-state index contributed by atoms with van der Waals surface area (Å²) in [4.78, 5) is 35.6. The lowest BCUT2D eigenvalue weighted by molar-refractivity contribution is -0.132. The Labute approximate surface area is 228 Å². The minimum atomic E-state index is -0.532. The predicted molar refractivity (Wildman–Crippen MR) is 151 cm³/mol. The van der Waals surface area contributed by atoms with Crippen LogP contribution in [0.3, 0.4) is 0 Å². The summed E-state index contributed by atoms with van der Waals surface area (Å²) in [6, 6.07) is 13.9. The van der Waals surface area contributed by atoms with Gasteiger partial charge in [0.25, 0.3) is 5.91 Å². The summed E-state index contributed by atoms with van der Waals surface area (Å²) in [5.74, 6) is -0.288. The third-order valence-corrected chi connectivity index (χ3v) is 8.60. The third-order valence-electron chi connectivity index (χ3n) is 6.62. The molecule has 3 heterocycles. The van der Waals surface area contributed by atoms with Crippen LogP contribution in [-0.4, -0.2) is 64.1 Å². The molecule has 1 saturated heterocycles. The van der Waals surface area contributed by atoms with E-state index in [1.165, 1.54) is 11.3 Å². The number of aliphatic hydroxyl groups excluding tert-OH is 2. The second-order valence-corrected chi connectivity index (χ2v) is 11.2. The molecule has 11 heteroatoms. The van der Waals surface area contributed by atoms with E-state index in [-0.39, 0.29) is 25.0 Å². The van der Waals surface area contributed by atoms with E-state index in [0.717, 1.165) is 20.2 Å². The van der Waals surface area contributed by atoms with E-state index in [1.54, 1.807) is 35.6 Å². The number of carbonyl (C=O) groups excluding carboxylic acids is 2. The van der Waals surface area contributed by atoms with E-state index in [1.807, 2.05) is 34.5 Å². The number of hydrogen-bond donors (Lipinski definition) is 4. The van der Waals surface area contributed by atoms with Crippen LogP contribution >= 0.6 is 22.7 Å². The Balaban J connectivity index is 1.21. The highest BCUT2D eigenvalue weighted by Crippen LogP contribution is 2.30. The number of piperazine rings is 1. The molecule has 1 aliphatic rings. The van der Waals surface area contributed by atoms with Gasteiger partial charge in [0.05, 0.1) is 29.5 Å². The number of thiophene rings is 1. The van der Waals surface area contributed by atoms with Crippen LogP contribution < -0.4 is 16.0 Å². The van der Waals surface area contributed by atoms with Crippen molar-refractivity contribution < 1.29 is 19.8 Å². The molecular formula is C27H29N5O4S2. The first kappa shape index (κ1) is 26.3. The van der Waals surface area contributed by atoms with Gasteiger partial charge in [-0.1, -0.05) is 23.5 Å². The third kappa shape index (κ3) is 5.71. The lowest BCUT2D eigenvalue weighted by atomic mass is 10.1. The van der Waals surface area contributed by atoms with Gasteiger partial charge in [0.2, 0.25) is 5.91 Å². The summed E-state index contributed by atoms with van der Waals surface area (Å²) in [7, 11) is 0. The number of carbonyl (C=O) groups is 2. The Hall–Kier alpha value is -3.35. The normalized spacial score (nSPS) is 14.6. The van der Waals surface area contributed by atoms with Crippen molar-refractivity contribution in [1.29, 1.82) is 0 Å². The lowest BCUT2D eigenvalue weighted by Gasteiger charge is -2.35. The molecule has 2 aromatic carbocycles. The largest absolute Gasteiger partial charge is 0.392 e. The lowest BCUT2D eigenvalue weighted by Crippen LogP contribution is -2.53. The average Bonchev–Trinajstić information content (AvgIpc) is 3.62. The van der Waals surface area contributed by atoms with Crippen molar-refractivity contribution in [3.8, 4) is 0 Å². The van der Waals surface area contributed by atoms with Crippen LogP contribution in [0.1, 0.15) is 26.4 Å². The summed E-state index contributed by atoms with van der Waals surface area (Å²) < 4.78 is 0.899. The maximum Gasteiger partial charge on any atom is 0.255 e. The summed E-state index contributed by atoms with van der Waals surface area (Å²) in [6.45, 7) is 2.11. The molecule has 0 aliphatic carbocycles. The van der Waals surface area contributed by atoms with Crippen LogP contribution in [0.25, 0.3) is 10.2 Å². The van der Waals surface area contributed by atoms with Gasteiger partial charge in [-0.05, 0) is 52.9 Å². The molecule has 9 nitrogen and oxygen atoms in total. The molecule has 5 rings (SSSR count). The van der Waals surface area contributed by atoms with Crippen LogP contribution in [-0.2, 0) is 24.4 Å². The van der Waals surface area contributed by atoms with E-state index >= 15 is 0 Å². The molecule has 1 fully saturated rings. The van der Waals surface area contributed by atoms with E-state index in [0.29, 0.717) is 55.0 Å². The molecule has 1 atom stereocenters. The van der Waals surface area contributed by atoms with Crippen molar-refractivity contribution in [3.63, 3.8) is 0 Å². The van der Waals surface area contributed by atoms with E-state index in [2.05, 4.69) is 10.2 Å². The number of nitrogens with zero attached hydrogens (tertiary/aromatic N) is 3. The second-order valence-electron chi connectivity index (χ2n) is 9.14. The average molecular weight is 552 g/mol. The highest BCUT2D eigenvalue weighted by atomic mass is 32.1. The number of thiazole rings is 1. The molecule has 0 saturated carbocycles. The first-order chi connectivity index (χ1) is 18.4. The summed E-state index contributed by atoms with van der Waals surface area (Å²) in [5.41, 5.74) is 9.24. The number of amides is 2. The van der Waals surface area contributed by atoms with E-state index in [9.17, 15) is 19.8 Å². The molecule has 0 unspecified atom stereocenters. The highest BCUT2D eigenvalue weighted by Gasteiger charge is 2.27. The zero-order valence-electron chi connectivity index (χ0n) is 20.7. The van der Waals surface area contributed by atoms with Gasteiger partial charge in [0.15, 0.2) is 5.13 Å². The van der Waals surface area contributed by atoms with Crippen LogP contribution in [0.4, 0.5) is 10.8 Å². The van der Waals surface area contributed by atoms with Gasteiger partial charge < -0.3 is 31.1 Å². The van der Waals surface area contributed by atoms with E-state index < -0.39 is 6.04 Å². The van der Waals surface area contributed by atoms with Crippen LogP contribution in [0, 0.1) is 0 Å². The standard InChI is InChI=1S/C27H29N5O4S2/c28-22(14-21-2-1-11-37-21)26(36)31-7-9-32(10-8-31)27-30-23-6-4-17(13-24(23)38-27)25(35)29-20-5-3-18(15-33)19(12-20)16-34/h1-6,11-13,22,33-34H,7-10,14-16,28H2,(H,29,35)/t22-/m0/s1. The van der Waals surface area contributed by atoms with Crippen LogP contribution in [0.15, 0.2) is 53.9 Å². The molecule has 198 valence electrons. The predicted octanol–water partition coefficient (Wildman–Crippen LogP) is 2.81. The minimum absolute atomic E-state index is 0.0184. The maximum atomic E-state index is 12.9. The number of anilines is 2. The monoisotopic (exact) mass is 551 g/mol. The van der Waals surface area contributed by atoms with Gasteiger partial charge >= 0.3 is 0 Å². The molecule has 0 spiro atoms. The molecule has 0 radical (unpaired) electrons. The van der Waals surface area contributed by atoms with Crippen molar-refractivity contribution in [1.82, 2.24) is 9.88 Å². The molecule has 38 heavy (non-hydrogen) atoms. The van der Waals surface area contributed by atoms with Crippen molar-refractivity contribution in [3.05, 3.63) is 75.5 Å². The Kier molecular flexibility index (Phi) is 8.01. The number of fused-ring (bicyclic) bond motifs is 1. The number of aromatic nitrogens is 1. The Bertz CT molecular complexity index is 1430. The summed E-state index contributed by atoms with van der Waals surface area (Å²) in [6.07, 6.45) is 0.557. The Morgan fingerprint density at radius 1 is 1.03 bits per heavy atom. The minimum Gasteiger partial charge on any atom is -0.392 e. The number of aliphatic hydroxyl groups is 2. The van der Waals surface area contributed by atoms with Gasteiger partial charge in [-0.25, -0.2) is 4.98 Å². The van der Waals surface area contributed by atoms with Gasteiger partial charge in [0.1, 0.15) is 0 Å². The molecule has 5 N–H and O–H groups in total. The maximum absolute atomic E-state index is 12.9. The van der Waals surface area contributed by atoms with Gasteiger partial charge in [0, 0.05) is 48.7 Å². The fraction of sp³-hybridized carbons (Fsp3) is 0.296. The highest BCUT2D eigenvalue weighted by molar-refractivity contribution is 7.22. The Morgan fingerprint density at radius 2 is 1.82 bits per heavy atom. The van der Waals surface area contributed by atoms with Crippen molar-refractivity contribution >= 4 is 55.5 Å². The molecule has 1 aliphatic heterocycles. The number of rotatable bonds is 8. The number of benzene rings is 2. The number of nitrogens with one attached hydrogen (secondary N) is 1. The molecule has 2 amide bonds. The zero-order chi connectivity index (χ0) is 26.6. The fourth-order valence-electron chi connectivity index (χ4n) is 4.48. The molecule has 0 bridgehead atoms. The zero-order valence-corrected chi connectivity index (χ0v) is 22.3. The number of nitrogens with two attached hydrogens (primary N) is 1. The van der Waals surface area contributed by atoms with Crippen molar-refractivity contribution in [2.45, 2.75) is 25.7 Å². The first-order valence-electron chi connectivity index (χ1n) is 12.3. The molecule has 4 aromatic rings. The SMILES string of the molecule is N[C@@H](Cc1cccs1)C(=O)N1CCN(c2nc3ccc(C(=O)Nc4ccc(CO)c(CO)c4)cc3s2)CC1. The van der Waals surface area contributed by atoms with Crippen LogP contribution in [0.5, 0.6) is 0 Å². The number of hydrogen-bond acceptors (Lipinski definition) is 9.